The molecule has 0 bridgehead atoms. The number of carbonyl (C=O) groups is 1. The average Bonchev–Trinajstić information content (AvgIpc) is 3.30. The molecule has 1 aliphatic rings. The van der Waals surface area contributed by atoms with Gasteiger partial charge in [0.2, 0.25) is 5.89 Å². The summed E-state index contributed by atoms with van der Waals surface area (Å²) in [5.74, 6) is -1.61. The van der Waals surface area contributed by atoms with Gasteiger partial charge in [0, 0.05) is 29.4 Å². The Hall–Kier alpha value is -3.07. The third kappa shape index (κ3) is 5.04. The third-order valence-electron chi connectivity index (χ3n) is 5.20. The standard InChI is InChI=1S/C22H20ClF3N4O2/c23-17-8-10-18(11-9-17)30(21(31)29-12-2-1-3-13-29)14-15-4-6-16(7-5-15)19-27-28-20(32-19)22(24,25)26/h4-11H,1-3,12-14H2. The molecule has 4 rings (SSSR count). The van der Waals surface area contributed by atoms with E-state index in [4.69, 9.17) is 16.0 Å². The Bertz CT molecular complexity index is 1060. The molecule has 2 aromatic carbocycles. The maximum Gasteiger partial charge on any atom is 0.470 e. The summed E-state index contributed by atoms with van der Waals surface area (Å²) in [5, 5.41) is 7.08. The lowest BCUT2D eigenvalue weighted by Crippen LogP contribution is -2.45. The number of piperidine rings is 1. The van der Waals surface area contributed by atoms with Crippen molar-refractivity contribution >= 4 is 23.3 Å². The van der Waals surface area contributed by atoms with Gasteiger partial charge in [0.1, 0.15) is 0 Å². The van der Waals surface area contributed by atoms with Crippen LogP contribution in [0.1, 0.15) is 30.7 Å². The number of carbonyl (C=O) groups excluding carboxylic acids is 1. The van der Waals surface area contributed by atoms with Gasteiger partial charge in [0.05, 0.1) is 6.54 Å². The van der Waals surface area contributed by atoms with Gasteiger partial charge in [-0.05, 0) is 61.2 Å². The summed E-state index contributed by atoms with van der Waals surface area (Å²) < 4.78 is 42.8. The van der Waals surface area contributed by atoms with Crippen LogP contribution in [-0.2, 0) is 12.7 Å². The molecule has 1 aliphatic heterocycles. The van der Waals surface area contributed by atoms with Crippen LogP contribution in [0.5, 0.6) is 0 Å². The monoisotopic (exact) mass is 464 g/mol. The van der Waals surface area contributed by atoms with Gasteiger partial charge in [-0.3, -0.25) is 4.90 Å². The molecule has 2 heterocycles. The minimum absolute atomic E-state index is 0.0946. The van der Waals surface area contributed by atoms with Crippen molar-refractivity contribution in [2.75, 3.05) is 18.0 Å². The predicted octanol–water partition coefficient (Wildman–Crippen LogP) is 6.02. The lowest BCUT2D eigenvalue weighted by atomic mass is 10.1. The largest absolute Gasteiger partial charge is 0.470 e. The zero-order valence-corrected chi connectivity index (χ0v) is 17.7. The molecular formula is C22H20ClF3N4O2. The molecule has 10 heteroatoms. The number of hydrogen-bond acceptors (Lipinski definition) is 4. The maximum atomic E-state index is 13.3. The summed E-state index contributed by atoms with van der Waals surface area (Å²) in [4.78, 5) is 16.8. The average molecular weight is 465 g/mol. The number of urea groups is 1. The van der Waals surface area contributed by atoms with E-state index in [-0.39, 0.29) is 18.5 Å². The van der Waals surface area contributed by atoms with Crippen molar-refractivity contribution in [1.82, 2.24) is 15.1 Å². The number of amides is 2. The Morgan fingerprint density at radius 2 is 1.66 bits per heavy atom. The molecule has 32 heavy (non-hydrogen) atoms. The Morgan fingerprint density at radius 3 is 2.25 bits per heavy atom. The highest BCUT2D eigenvalue weighted by Gasteiger charge is 2.38. The van der Waals surface area contributed by atoms with E-state index in [0.717, 1.165) is 24.8 Å². The zero-order chi connectivity index (χ0) is 22.7. The molecule has 0 radical (unpaired) electrons. The molecule has 1 aromatic heterocycles. The first-order valence-corrected chi connectivity index (χ1v) is 10.5. The topological polar surface area (TPSA) is 62.5 Å². The fourth-order valence-electron chi connectivity index (χ4n) is 3.54. The second-order valence-corrected chi connectivity index (χ2v) is 7.94. The number of likely N-dealkylation sites (tertiary alicyclic amines) is 1. The van der Waals surface area contributed by atoms with Crippen LogP contribution in [0.2, 0.25) is 5.02 Å². The van der Waals surface area contributed by atoms with Gasteiger partial charge < -0.3 is 9.32 Å². The second kappa shape index (κ2) is 9.20. The Morgan fingerprint density at radius 1 is 1.00 bits per heavy atom. The molecule has 0 aliphatic carbocycles. The molecule has 168 valence electrons. The highest BCUT2D eigenvalue weighted by molar-refractivity contribution is 6.30. The lowest BCUT2D eigenvalue weighted by Gasteiger charge is -2.33. The maximum absolute atomic E-state index is 13.3. The van der Waals surface area contributed by atoms with Crippen LogP contribution in [0.25, 0.3) is 11.5 Å². The number of aromatic nitrogens is 2. The predicted molar refractivity (Wildman–Crippen MR) is 113 cm³/mol. The van der Waals surface area contributed by atoms with E-state index in [1.54, 1.807) is 53.4 Å². The molecule has 0 spiro atoms. The minimum Gasteiger partial charge on any atom is -0.413 e. The summed E-state index contributed by atoms with van der Waals surface area (Å²) in [6, 6.07) is 13.6. The van der Waals surface area contributed by atoms with E-state index >= 15 is 0 Å². The number of anilines is 1. The van der Waals surface area contributed by atoms with Crippen LogP contribution in [0.4, 0.5) is 23.7 Å². The van der Waals surface area contributed by atoms with Crippen molar-refractivity contribution in [2.45, 2.75) is 32.0 Å². The van der Waals surface area contributed by atoms with Crippen molar-refractivity contribution in [3.8, 4) is 11.5 Å². The number of halogens is 4. The van der Waals surface area contributed by atoms with Crippen molar-refractivity contribution in [3.63, 3.8) is 0 Å². The smallest absolute Gasteiger partial charge is 0.413 e. The zero-order valence-electron chi connectivity index (χ0n) is 17.0. The Balaban J connectivity index is 1.55. The normalized spacial score (nSPS) is 14.4. The van der Waals surface area contributed by atoms with E-state index < -0.39 is 12.1 Å². The third-order valence-corrected chi connectivity index (χ3v) is 5.46. The first-order valence-electron chi connectivity index (χ1n) is 10.1. The Labute approximate surface area is 187 Å². The summed E-state index contributed by atoms with van der Waals surface area (Å²) in [5.41, 5.74) is 1.86. The molecule has 1 saturated heterocycles. The van der Waals surface area contributed by atoms with E-state index in [1.807, 2.05) is 4.90 Å². The highest BCUT2D eigenvalue weighted by Crippen LogP contribution is 2.30. The minimum atomic E-state index is -4.70. The number of nitrogens with zero attached hydrogens (tertiary/aromatic N) is 4. The summed E-state index contributed by atoms with van der Waals surface area (Å²) >= 11 is 6.01. The lowest BCUT2D eigenvalue weighted by molar-refractivity contribution is -0.156. The molecule has 0 N–H and O–H groups in total. The van der Waals surface area contributed by atoms with Crippen molar-refractivity contribution in [1.29, 1.82) is 0 Å². The molecular weight excluding hydrogens is 445 g/mol. The van der Waals surface area contributed by atoms with Crippen LogP contribution >= 0.6 is 11.6 Å². The Kier molecular flexibility index (Phi) is 6.36. The van der Waals surface area contributed by atoms with Crippen molar-refractivity contribution in [2.24, 2.45) is 0 Å². The van der Waals surface area contributed by atoms with Crippen molar-refractivity contribution in [3.05, 3.63) is 65.0 Å². The molecule has 0 unspecified atom stereocenters. The van der Waals surface area contributed by atoms with Gasteiger partial charge in [-0.15, -0.1) is 10.2 Å². The molecule has 3 aromatic rings. The van der Waals surface area contributed by atoms with Gasteiger partial charge >= 0.3 is 18.1 Å². The quantitative estimate of drug-likeness (QED) is 0.473. The van der Waals surface area contributed by atoms with E-state index in [9.17, 15) is 18.0 Å². The first kappa shape index (κ1) is 22.1. The molecule has 2 amide bonds. The van der Waals surface area contributed by atoms with Crippen molar-refractivity contribution < 1.29 is 22.4 Å². The number of rotatable bonds is 4. The first-order chi connectivity index (χ1) is 15.3. The summed E-state index contributed by atoms with van der Waals surface area (Å²) in [7, 11) is 0. The van der Waals surface area contributed by atoms with Gasteiger partial charge in [-0.1, -0.05) is 23.7 Å². The van der Waals surface area contributed by atoms with Crippen LogP contribution in [0, 0.1) is 0 Å². The molecule has 1 fully saturated rings. The molecule has 6 nitrogen and oxygen atoms in total. The summed E-state index contributed by atoms with van der Waals surface area (Å²) in [6.07, 6.45) is -1.64. The van der Waals surface area contributed by atoms with Crippen LogP contribution in [0.3, 0.4) is 0 Å². The fourth-order valence-corrected chi connectivity index (χ4v) is 3.66. The van der Waals surface area contributed by atoms with Gasteiger partial charge in [-0.25, -0.2) is 4.79 Å². The van der Waals surface area contributed by atoms with Crippen LogP contribution < -0.4 is 4.90 Å². The van der Waals surface area contributed by atoms with Gasteiger partial charge in [0.15, 0.2) is 0 Å². The van der Waals surface area contributed by atoms with E-state index in [1.165, 1.54) is 0 Å². The summed E-state index contributed by atoms with van der Waals surface area (Å²) in [6.45, 7) is 1.70. The van der Waals surface area contributed by atoms with Crippen LogP contribution in [-0.4, -0.2) is 34.2 Å². The van der Waals surface area contributed by atoms with E-state index in [0.29, 0.717) is 29.4 Å². The van der Waals surface area contributed by atoms with Crippen LogP contribution in [0.15, 0.2) is 52.9 Å². The molecule has 0 saturated carbocycles. The number of alkyl halides is 3. The molecule has 0 atom stereocenters. The number of hydrogen-bond donors (Lipinski definition) is 0. The second-order valence-electron chi connectivity index (χ2n) is 7.50. The SMILES string of the molecule is O=C(N1CCCCC1)N(Cc1ccc(-c2nnc(C(F)(F)F)o2)cc1)c1ccc(Cl)cc1. The van der Waals surface area contributed by atoms with E-state index in [2.05, 4.69) is 10.2 Å². The fraction of sp³-hybridized carbons (Fsp3) is 0.318. The highest BCUT2D eigenvalue weighted by atomic mass is 35.5. The van der Waals surface area contributed by atoms with Gasteiger partial charge in [0.25, 0.3) is 0 Å². The number of benzene rings is 2. The van der Waals surface area contributed by atoms with Gasteiger partial charge in [-0.2, -0.15) is 13.2 Å².